The summed E-state index contributed by atoms with van der Waals surface area (Å²) in [5.41, 5.74) is 1.34. The van der Waals surface area contributed by atoms with E-state index in [1.54, 1.807) is 6.92 Å². The molecular weight excluding hydrogens is 236 g/mol. The number of hydrogen-bond donors (Lipinski definition) is 0. The average molecular weight is 260 g/mol. The van der Waals surface area contributed by atoms with Crippen molar-refractivity contribution in [1.29, 1.82) is 0 Å². The first kappa shape index (κ1) is 14.1. The molecule has 0 saturated carbocycles. The number of rotatable bonds is 4. The van der Waals surface area contributed by atoms with Crippen molar-refractivity contribution < 1.29 is 4.79 Å². The summed E-state index contributed by atoms with van der Waals surface area (Å²) in [4.78, 5) is 15.9. The number of likely N-dealkylation sites (tertiary alicyclic amines) is 1. The minimum absolute atomic E-state index is 0.200. The third-order valence-corrected chi connectivity index (χ3v) is 3.95. The molecule has 1 heterocycles. The Hall–Kier alpha value is -1.35. The number of amides is 1. The third kappa shape index (κ3) is 3.57. The summed E-state index contributed by atoms with van der Waals surface area (Å²) in [6, 6.07) is 11.6. The van der Waals surface area contributed by atoms with Crippen molar-refractivity contribution in [2.75, 3.05) is 13.1 Å². The fourth-order valence-electron chi connectivity index (χ4n) is 2.83. The fraction of sp³-hybridized carbons (Fsp3) is 0.562. The Kier molecular flexibility index (Phi) is 4.59. The van der Waals surface area contributed by atoms with E-state index < -0.39 is 0 Å². The molecule has 1 saturated heterocycles. The molecule has 2 rings (SSSR count). The van der Waals surface area contributed by atoms with E-state index in [2.05, 4.69) is 49.1 Å². The first-order chi connectivity index (χ1) is 9.08. The summed E-state index contributed by atoms with van der Waals surface area (Å²) in [5, 5.41) is 0. The zero-order chi connectivity index (χ0) is 13.8. The van der Waals surface area contributed by atoms with Crippen LogP contribution in [0.2, 0.25) is 0 Å². The number of hydrogen-bond acceptors (Lipinski definition) is 2. The molecule has 0 radical (unpaired) electrons. The number of carbonyl (C=O) groups excluding carboxylic acids is 1. The van der Waals surface area contributed by atoms with E-state index in [1.807, 2.05) is 4.90 Å². The molecule has 19 heavy (non-hydrogen) atoms. The molecule has 1 fully saturated rings. The molecule has 3 heteroatoms. The van der Waals surface area contributed by atoms with Gasteiger partial charge in [0.1, 0.15) is 0 Å². The number of nitrogens with zero attached hydrogens (tertiary/aromatic N) is 2. The molecule has 1 aliphatic rings. The first-order valence-electron chi connectivity index (χ1n) is 7.13. The summed E-state index contributed by atoms with van der Waals surface area (Å²) in [6.07, 6.45) is 1.09. The summed E-state index contributed by atoms with van der Waals surface area (Å²) >= 11 is 0. The minimum Gasteiger partial charge on any atom is -0.341 e. The molecule has 0 N–H and O–H groups in total. The van der Waals surface area contributed by atoms with Gasteiger partial charge in [0.15, 0.2) is 0 Å². The van der Waals surface area contributed by atoms with Crippen LogP contribution >= 0.6 is 0 Å². The van der Waals surface area contributed by atoms with Gasteiger partial charge in [0.25, 0.3) is 0 Å². The van der Waals surface area contributed by atoms with Gasteiger partial charge in [0, 0.05) is 38.6 Å². The Morgan fingerprint density at radius 3 is 2.58 bits per heavy atom. The maximum atomic E-state index is 11.4. The smallest absolute Gasteiger partial charge is 0.219 e. The minimum atomic E-state index is 0.200. The van der Waals surface area contributed by atoms with Gasteiger partial charge in [-0.2, -0.15) is 0 Å². The molecule has 3 nitrogen and oxygen atoms in total. The lowest BCUT2D eigenvalue weighted by Gasteiger charge is -2.32. The zero-order valence-corrected chi connectivity index (χ0v) is 12.2. The lowest BCUT2D eigenvalue weighted by Crippen LogP contribution is -2.42. The van der Waals surface area contributed by atoms with Crippen LogP contribution in [0, 0.1) is 0 Å². The summed E-state index contributed by atoms with van der Waals surface area (Å²) in [6.45, 7) is 8.88. The van der Waals surface area contributed by atoms with E-state index in [0.717, 1.165) is 26.1 Å². The molecule has 1 unspecified atom stereocenters. The molecule has 1 aliphatic heterocycles. The second-order valence-electron chi connectivity index (χ2n) is 5.66. The monoisotopic (exact) mass is 260 g/mol. The van der Waals surface area contributed by atoms with Crippen LogP contribution in [0.1, 0.15) is 32.8 Å². The van der Waals surface area contributed by atoms with Gasteiger partial charge in [-0.15, -0.1) is 0 Å². The molecular formula is C16H24N2O. The van der Waals surface area contributed by atoms with Crippen molar-refractivity contribution in [1.82, 2.24) is 9.80 Å². The van der Waals surface area contributed by atoms with Gasteiger partial charge in [0.2, 0.25) is 5.91 Å². The molecule has 1 aromatic carbocycles. The second-order valence-corrected chi connectivity index (χ2v) is 5.66. The summed E-state index contributed by atoms with van der Waals surface area (Å²) in [5.74, 6) is 0.200. The van der Waals surface area contributed by atoms with Crippen molar-refractivity contribution in [3.8, 4) is 0 Å². The van der Waals surface area contributed by atoms with E-state index in [9.17, 15) is 4.79 Å². The Morgan fingerprint density at radius 2 is 2.05 bits per heavy atom. The van der Waals surface area contributed by atoms with Crippen LogP contribution in [0.3, 0.4) is 0 Å². The van der Waals surface area contributed by atoms with Gasteiger partial charge in [-0.25, -0.2) is 0 Å². The topological polar surface area (TPSA) is 23.6 Å². The molecule has 0 aromatic heterocycles. The van der Waals surface area contributed by atoms with E-state index in [1.165, 1.54) is 5.56 Å². The Balaban J connectivity index is 2.03. The van der Waals surface area contributed by atoms with Gasteiger partial charge in [-0.05, 0) is 25.8 Å². The highest BCUT2D eigenvalue weighted by molar-refractivity contribution is 5.73. The van der Waals surface area contributed by atoms with Crippen molar-refractivity contribution in [3.05, 3.63) is 35.9 Å². The molecule has 0 spiro atoms. The first-order valence-corrected chi connectivity index (χ1v) is 7.13. The van der Waals surface area contributed by atoms with Crippen LogP contribution in [0.25, 0.3) is 0 Å². The van der Waals surface area contributed by atoms with Crippen molar-refractivity contribution in [2.45, 2.75) is 45.8 Å². The fourth-order valence-corrected chi connectivity index (χ4v) is 2.83. The second kappa shape index (κ2) is 6.20. The maximum Gasteiger partial charge on any atom is 0.219 e. The quantitative estimate of drug-likeness (QED) is 0.830. The van der Waals surface area contributed by atoms with Crippen LogP contribution in [-0.2, 0) is 11.3 Å². The van der Waals surface area contributed by atoms with Crippen LogP contribution in [0.5, 0.6) is 0 Å². The largest absolute Gasteiger partial charge is 0.341 e. The summed E-state index contributed by atoms with van der Waals surface area (Å²) in [7, 11) is 0. The Morgan fingerprint density at radius 1 is 1.37 bits per heavy atom. The van der Waals surface area contributed by atoms with Gasteiger partial charge < -0.3 is 4.90 Å². The van der Waals surface area contributed by atoms with Gasteiger partial charge >= 0.3 is 0 Å². The van der Waals surface area contributed by atoms with Crippen LogP contribution in [0.15, 0.2) is 30.3 Å². The summed E-state index contributed by atoms with van der Waals surface area (Å²) < 4.78 is 0. The van der Waals surface area contributed by atoms with E-state index in [0.29, 0.717) is 12.1 Å². The Labute approximate surface area is 116 Å². The van der Waals surface area contributed by atoms with Crippen LogP contribution < -0.4 is 0 Å². The van der Waals surface area contributed by atoms with Gasteiger partial charge in [0.05, 0.1) is 0 Å². The SMILES string of the molecule is CC(=O)N1CCC(N(Cc2ccccc2)C(C)C)C1. The molecule has 1 amide bonds. The Bertz CT molecular complexity index is 416. The van der Waals surface area contributed by atoms with Gasteiger partial charge in [-0.1, -0.05) is 30.3 Å². The molecule has 1 atom stereocenters. The van der Waals surface area contributed by atoms with Crippen molar-refractivity contribution in [2.24, 2.45) is 0 Å². The zero-order valence-electron chi connectivity index (χ0n) is 12.2. The van der Waals surface area contributed by atoms with E-state index in [4.69, 9.17) is 0 Å². The van der Waals surface area contributed by atoms with Crippen LogP contribution in [0.4, 0.5) is 0 Å². The predicted octanol–water partition coefficient (Wildman–Crippen LogP) is 2.52. The highest BCUT2D eigenvalue weighted by Crippen LogP contribution is 2.20. The van der Waals surface area contributed by atoms with Crippen molar-refractivity contribution in [3.63, 3.8) is 0 Å². The maximum absolute atomic E-state index is 11.4. The van der Waals surface area contributed by atoms with Crippen LogP contribution in [-0.4, -0.2) is 40.9 Å². The lowest BCUT2D eigenvalue weighted by molar-refractivity contribution is -0.128. The normalized spacial score (nSPS) is 19.4. The molecule has 1 aromatic rings. The molecule has 0 aliphatic carbocycles. The predicted molar refractivity (Wildman–Crippen MR) is 77.8 cm³/mol. The highest BCUT2D eigenvalue weighted by atomic mass is 16.2. The number of carbonyl (C=O) groups is 1. The van der Waals surface area contributed by atoms with E-state index >= 15 is 0 Å². The molecule has 0 bridgehead atoms. The van der Waals surface area contributed by atoms with Gasteiger partial charge in [-0.3, -0.25) is 9.69 Å². The van der Waals surface area contributed by atoms with E-state index in [-0.39, 0.29) is 5.91 Å². The average Bonchev–Trinajstić information content (AvgIpc) is 2.86. The number of benzene rings is 1. The standard InChI is InChI=1S/C16H24N2O/c1-13(2)18(11-15-7-5-4-6-8-15)16-9-10-17(12-16)14(3)19/h4-8,13,16H,9-12H2,1-3H3. The highest BCUT2D eigenvalue weighted by Gasteiger charge is 2.30. The van der Waals surface area contributed by atoms with Crippen molar-refractivity contribution >= 4 is 5.91 Å². The lowest BCUT2D eigenvalue weighted by atomic mass is 10.1. The third-order valence-electron chi connectivity index (χ3n) is 3.95. The molecule has 104 valence electrons.